The first kappa shape index (κ1) is 13.1. The van der Waals surface area contributed by atoms with E-state index in [2.05, 4.69) is 52.5 Å². The van der Waals surface area contributed by atoms with Crippen LogP contribution >= 0.6 is 11.3 Å². The van der Waals surface area contributed by atoms with Crippen molar-refractivity contribution in [3.05, 3.63) is 52.7 Å². The number of aromatic nitrogens is 2. The van der Waals surface area contributed by atoms with Gasteiger partial charge in [0.15, 0.2) is 0 Å². The number of hydrogen-bond donors (Lipinski definition) is 1. The smallest absolute Gasteiger partial charge is 0.138 e. The topological polar surface area (TPSA) is 37.8 Å². The minimum atomic E-state index is 0.867. The number of fused-ring (bicyclic) bond motifs is 1. The Morgan fingerprint density at radius 3 is 2.65 bits per heavy atom. The number of benzene rings is 1. The van der Waals surface area contributed by atoms with E-state index in [0.29, 0.717) is 0 Å². The maximum Gasteiger partial charge on any atom is 0.138 e. The number of nitrogens with one attached hydrogen (secondary N) is 1. The average Bonchev–Trinajstić information content (AvgIpc) is 2.85. The fraction of sp³-hybridized carbons (Fsp3) is 0.250. The van der Waals surface area contributed by atoms with Gasteiger partial charge in [-0.25, -0.2) is 9.97 Å². The predicted molar refractivity (Wildman–Crippen MR) is 85.5 cm³/mol. The minimum Gasteiger partial charge on any atom is -0.372 e. The molecule has 0 radical (unpaired) electrons. The second kappa shape index (κ2) is 5.59. The highest BCUT2D eigenvalue weighted by atomic mass is 32.1. The van der Waals surface area contributed by atoms with Crippen molar-refractivity contribution in [1.29, 1.82) is 0 Å². The third kappa shape index (κ3) is 2.65. The van der Waals surface area contributed by atoms with Crippen molar-refractivity contribution >= 4 is 27.4 Å². The molecule has 0 saturated heterocycles. The van der Waals surface area contributed by atoms with Gasteiger partial charge in [0.2, 0.25) is 0 Å². The highest BCUT2D eigenvalue weighted by Gasteiger charge is 2.09. The summed E-state index contributed by atoms with van der Waals surface area (Å²) in [6.45, 7) is 2.11. The van der Waals surface area contributed by atoms with Gasteiger partial charge in [0.25, 0.3) is 0 Å². The van der Waals surface area contributed by atoms with Crippen molar-refractivity contribution < 1.29 is 0 Å². The molecule has 0 unspecified atom stereocenters. The van der Waals surface area contributed by atoms with Crippen LogP contribution in [0.4, 0.5) is 5.82 Å². The van der Waals surface area contributed by atoms with E-state index in [1.807, 2.05) is 13.1 Å². The summed E-state index contributed by atoms with van der Waals surface area (Å²) in [5.41, 5.74) is 1.32. The Balaban J connectivity index is 1.88. The van der Waals surface area contributed by atoms with Crippen LogP contribution in [0.15, 0.2) is 36.4 Å². The predicted octanol–water partition coefficient (Wildman–Crippen LogP) is 3.83. The summed E-state index contributed by atoms with van der Waals surface area (Å²) in [5, 5.41) is 4.30. The Labute approximate surface area is 122 Å². The third-order valence-electron chi connectivity index (χ3n) is 3.28. The van der Waals surface area contributed by atoms with Crippen LogP contribution in [-0.4, -0.2) is 17.0 Å². The molecule has 0 aliphatic heterocycles. The number of aryl methyl sites for hydroxylation is 3. The molecule has 2 aromatic heterocycles. The summed E-state index contributed by atoms with van der Waals surface area (Å²) in [5.74, 6) is 1.84. The van der Waals surface area contributed by atoms with Crippen LogP contribution < -0.4 is 5.32 Å². The zero-order valence-corrected chi connectivity index (χ0v) is 12.5. The van der Waals surface area contributed by atoms with E-state index in [1.165, 1.54) is 10.4 Å². The molecular formula is C16H17N3S. The monoisotopic (exact) mass is 283 g/mol. The molecule has 4 heteroatoms. The Morgan fingerprint density at radius 1 is 1.10 bits per heavy atom. The maximum absolute atomic E-state index is 4.69. The van der Waals surface area contributed by atoms with E-state index in [0.717, 1.165) is 34.7 Å². The number of nitrogens with zero attached hydrogens (tertiary/aromatic N) is 2. The highest BCUT2D eigenvalue weighted by Crippen LogP contribution is 2.28. The van der Waals surface area contributed by atoms with E-state index in [9.17, 15) is 0 Å². The van der Waals surface area contributed by atoms with Crippen molar-refractivity contribution in [3.8, 4) is 0 Å². The first-order chi connectivity index (χ1) is 9.76. The van der Waals surface area contributed by atoms with Gasteiger partial charge in [-0.15, -0.1) is 11.3 Å². The lowest BCUT2D eigenvalue weighted by atomic mass is 10.1. The van der Waals surface area contributed by atoms with Gasteiger partial charge in [-0.05, 0) is 25.0 Å². The molecule has 1 aromatic carbocycles. The molecule has 1 N–H and O–H groups in total. The van der Waals surface area contributed by atoms with Crippen LogP contribution in [-0.2, 0) is 12.8 Å². The molecule has 3 aromatic rings. The van der Waals surface area contributed by atoms with Crippen molar-refractivity contribution in [3.63, 3.8) is 0 Å². The standard InChI is InChI=1S/C16H17N3S/c1-11-10-13-15(17-2)18-14(19-16(13)20-11)9-8-12-6-4-3-5-7-12/h3-7,10H,8-9H2,1-2H3,(H,17,18,19). The maximum atomic E-state index is 4.69. The van der Waals surface area contributed by atoms with Gasteiger partial charge in [0, 0.05) is 18.3 Å². The first-order valence-corrected chi connectivity index (χ1v) is 7.56. The molecule has 3 nitrogen and oxygen atoms in total. The molecule has 0 saturated carbocycles. The molecule has 3 rings (SSSR count). The second-order valence-corrected chi connectivity index (χ2v) is 6.03. The zero-order valence-electron chi connectivity index (χ0n) is 11.7. The Morgan fingerprint density at radius 2 is 1.90 bits per heavy atom. The number of thiophene rings is 1. The molecule has 0 bridgehead atoms. The number of anilines is 1. The molecular weight excluding hydrogens is 266 g/mol. The quantitative estimate of drug-likeness (QED) is 0.791. The van der Waals surface area contributed by atoms with E-state index in [-0.39, 0.29) is 0 Å². The SMILES string of the molecule is CNc1nc(CCc2ccccc2)nc2sc(C)cc12. The lowest BCUT2D eigenvalue weighted by Crippen LogP contribution is -2.02. The molecule has 20 heavy (non-hydrogen) atoms. The second-order valence-electron chi connectivity index (χ2n) is 4.80. The molecule has 0 spiro atoms. The Hall–Kier alpha value is -1.94. The molecule has 0 fully saturated rings. The van der Waals surface area contributed by atoms with Crippen molar-refractivity contribution in [2.45, 2.75) is 19.8 Å². The van der Waals surface area contributed by atoms with Crippen LogP contribution in [0.1, 0.15) is 16.3 Å². The first-order valence-electron chi connectivity index (χ1n) is 6.75. The van der Waals surface area contributed by atoms with Gasteiger partial charge in [0.05, 0.1) is 5.39 Å². The summed E-state index contributed by atoms with van der Waals surface area (Å²) in [6, 6.07) is 12.6. The van der Waals surface area contributed by atoms with Gasteiger partial charge in [-0.2, -0.15) is 0 Å². The van der Waals surface area contributed by atoms with Crippen LogP contribution in [0.5, 0.6) is 0 Å². The van der Waals surface area contributed by atoms with Crippen molar-refractivity contribution in [2.24, 2.45) is 0 Å². The Bertz CT molecular complexity index is 719. The van der Waals surface area contributed by atoms with Crippen molar-refractivity contribution in [1.82, 2.24) is 9.97 Å². The number of rotatable bonds is 4. The molecule has 0 aliphatic rings. The fourth-order valence-corrected chi connectivity index (χ4v) is 3.19. The summed E-state index contributed by atoms with van der Waals surface area (Å²) < 4.78 is 0. The van der Waals surface area contributed by atoms with E-state index in [1.54, 1.807) is 11.3 Å². The minimum absolute atomic E-state index is 0.867. The summed E-state index contributed by atoms with van der Waals surface area (Å²) in [4.78, 5) is 11.7. The van der Waals surface area contributed by atoms with Crippen molar-refractivity contribution in [2.75, 3.05) is 12.4 Å². The van der Waals surface area contributed by atoms with Gasteiger partial charge in [0.1, 0.15) is 16.5 Å². The fourth-order valence-electron chi connectivity index (χ4n) is 2.29. The zero-order chi connectivity index (χ0) is 13.9. The lowest BCUT2D eigenvalue weighted by molar-refractivity contribution is 0.873. The third-order valence-corrected chi connectivity index (χ3v) is 4.22. The normalized spacial score (nSPS) is 10.9. The summed E-state index contributed by atoms with van der Waals surface area (Å²) in [7, 11) is 1.91. The van der Waals surface area contributed by atoms with Crippen LogP contribution in [0.2, 0.25) is 0 Å². The molecule has 0 atom stereocenters. The van der Waals surface area contributed by atoms with Gasteiger partial charge in [-0.1, -0.05) is 30.3 Å². The Kier molecular flexibility index (Phi) is 3.65. The number of hydrogen-bond acceptors (Lipinski definition) is 4. The van der Waals surface area contributed by atoms with Gasteiger partial charge in [-0.3, -0.25) is 0 Å². The van der Waals surface area contributed by atoms with Crippen LogP contribution in [0.25, 0.3) is 10.2 Å². The van der Waals surface area contributed by atoms with E-state index < -0.39 is 0 Å². The molecule has 102 valence electrons. The summed E-state index contributed by atoms with van der Waals surface area (Å²) >= 11 is 1.73. The summed E-state index contributed by atoms with van der Waals surface area (Å²) in [6.07, 6.45) is 1.84. The van der Waals surface area contributed by atoms with Crippen LogP contribution in [0.3, 0.4) is 0 Å². The largest absolute Gasteiger partial charge is 0.372 e. The molecule has 0 amide bonds. The molecule has 2 heterocycles. The van der Waals surface area contributed by atoms with Gasteiger partial charge >= 0.3 is 0 Å². The highest BCUT2D eigenvalue weighted by molar-refractivity contribution is 7.18. The van der Waals surface area contributed by atoms with Gasteiger partial charge < -0.3 is 5.32 Å². The van der Waals surface area contributed by atoms with Crippen LogP contribution in [0, 0.1) is 6.92 Å². The van der Waals surface area contributed by atoms with E-state index >= 15 is 0 Å². The molecule has 0 aliphatic carbocycles. The lowest BCUT2D eigenvalue weighted by Gasteiger charge is -2.05. The van der Waals surface area contributed by atoms with E-state index in [4.69, 9.17) is 0 Å². The average molecular weight is 283 g/mol.